The molecule has 0 radical (unpaired) electrons. The van der Waals surface area contributed by atoms with Gasteiger partial charge in [0.25, 0.3) is 0 Å². The number of ether oxygens (including phenoxy) is 2. The number of methoxy groups -OCH3 is 1. The third-order valence-electron chi connectivity index (χ3n) is 3.09. The quantitative estimate of drug-likeness (QED) is 0.456. The number of carbonyl (C=O) groups is 2. The zero-order chi connectivity index (χ0) is 14.2. The van der Waals surface area contributed by atoms with E-state index in [0.717, 1.165) is 0 Å². The molecule has 18 heavy (non-hydrogen) atoms. The normalized spacial score (nSPS) is 13.3. The fraction of sp³-hybridized carbons (Fsp3) is 0.833. The van der Waals surface area contributed by atoms with Crippen molar-refractivity contribution in [3.05, 3.63) is 0 Å². The molecule has 6 nitrogen and oxygen atoms in total. The van der Waals surface area contributed by atoms with Crippen LogP contribution in [0.4, 0.5) is 0 Å². The second kappa shape index (κ2) is 8.05. The third kappa shape index (κ3) is 4.27. The first-order chi connectivity index (χ1) is 8.44. The van der Waals surface area contributed by atoms with Crippen LogP contribution in [-0.4, -0.2) is 48.6 Å². The molecule has 0 amide bonds. The van der Waals surface area contributed by atoms with Crippen LogP contribution in [0.15, 0.2) is 0 Å². The third-order valence-corrected chi connectivity index (χ3v) is 3.09. The van der Waals surface area contributed by atoms with Crippen molar-refractivity contribution in [3.63, 3.8) is 0 Å². The molecule has 0 aliphatic rings. The molecule has 0 saturated carbocycles. The average molecular weight is 262 g/mol. The summed E-state index contributed by atoms with van der Waals surface area (Å²) in [5.74, 6) is -2.63. The lowest BCUT2D eigenvalue weighted by Crippen LogP contribution is -2.42. The maximum Gasteiger partial charge on any atom is 0.321 e. The van der Waals surface area contributed by atoms with E-state index < -0.39 is 23.5 Å². The summed E-state index contributed by atoms with van der Waals surface area (Å²) in [5.41, 5.74) is -1.77. The minimum absolute atomic E-state index is 0.0296. The molecule has 0 spiro atoms. The van der Waals surface area contributed by atoms with E-state index in [0.29, 0.717) is 19.6 Å². The van der Waals surface area contributed by atoms with E-state index in [-0.39, 0.29) is 12.8 Å². The van der Waals surface area contributed by atoms with E-state index >= 15 is 0 Å². The van der Waals surface area contributed by atoms with Gasteiger partial charge in [-0.25, -0.2) is 0 Å². The Morgan fingerprint density at radius 2 is 1.72 bits per heavy atom. The number of carboxylic acids is 2. The van der Waals surface area contributed by atoms with Crippen LogP contribution in [0.5, 0.6) is 0 Å². The number of carboxylic acid groups (broad SMARTS) is 2. The molecule has 0 aliphatic carbocycles. The van der Waals surface area contributed by atoms with Gasteiger partial charge >= 0.3 is 11.9 Å². The van der Waals surface area contributed by atoms with Gasteiger partial charge in [-0.05, 0) is 12.8 Å². The minimum Gasteiger partial charge on any atom is -0.480 e. The van der Waals surface area contributed by atoms with Gasteiger partial charge < -0.3 is 19.7 Å². The molecule has 0 heterocycles. The predicted octanol–water partition coefficient (Wildman–Crippen LogP) is 1.38. The summed E-state index contributed by atoms with van der Waals surface area (Å²) in [4.78, 5) is 22.4. The van der Waals surface area contributed by atoms with Gasteiger partial charge in [0.1, 0.15) is 0 Å². The fourth-order valence-corrected chi connectivity index (χ4v) is 1.72. The van der Waals surface area contributed by atoms with E-state index in [2.05, 4.69) is 0 Å². The SMILES string of the molecule is CCC(CC(CC)(C(=O)O)C(=O)O)OCCOC. The number of hydrogen-bond acceptors (Lipinski definition) is 4. The summed E-state index contributed by atoms with van der Waals surface area (Å²) in [6, 6.07) is 0. The molecule has 0 saturated heterocycles. The lowest BCUT2D eigenvalue weighted by atomic mass is 9.79. The van der Waals surface area contributed by atoms with E-state index in [1.165, 1.54) is 7.11 Å². The topological polar surface area (TPSA) is 93.1 Å². The van der Waals surface area contributed by atoms with Gasteiger partial charge in [0, 0.05) is 13.5 Å². The molecule has 1 unspecified atom stereocenters. The second-order valence-corrected chi connectivity index (χ2v) is 4.14. The molecule has 0 aliphatic heterocycles. The molecule has 0 aromatic rings. The zero-order valence-electron chi connectivity index (χ0n) is 11.1. The Balaban J connectivity index is 4.72. The van der Waals surface area contributed by atoms with Gasteiger partial charge in [-0.15, -0.1) is 0 Å². The molecule has 2 N–H and O–H groups in total. The Bertz CT molecular complexity index is 262. The lowest BCUT2D eigenvalue weighted by Gasteiger charge is -2.27. The van der Waals surface area contributed by atoms with Crippen LogP contribution in [0, 0.1) is 5.41 Å². The molecule has 1 atom stereocenters. The molecule has 0 fully saturated rings. The van der Waals surface area contributed by atoms with Crippen LogP contribution in [-0.2, 0) is 19.1 Å². The Labute approximate surface area is 107 Å². The molecular weight excluding hydrogens is 240 g/mol. The Morgan fingerprint density at radius 3 is 2.06 bits per heavy atom. The molecule has 106 valence electrons. The van der Waals surface area contributed by atoms with E-state index in [4.69, 9.17) is 19.7 Å². The van der Waals surface area contributed by atoms with Crippen molar-refractivity contribution in [3.8, 4) is 0 Å². The summed E-state index contributed by atoms with van der Waals surface area (Å²) in [7, 11) is 1.54. The standard InChI is InChI=1S/C12H22O6/c1-4-9(18-7-6-17-3)8-12(5-2,10(13)14)11(15)16/h9H,4-8H2,1-3H3,(H,13,14)(H,15,16). The lowest BCUT2D eigenvalue weighted by molar-refractivity contribution is -0.168. The molecule has 0 aromatic carbocycles. The predicted molar refractivity (Wildman–Crippen MR) is 64.5 cm³/mol. The highest BCUT2D eigenvalue weighted by Gasteiger charge is 2.46. The summed E-state index contributed by atoms with van der Waals surface area (Å²) < 4.78 is 10.3. The summed E-state index contributed by atoms with van der Waals surface area (Å²) >= 11 is 0. The van der Waals surface area contributed by atoms with Gasteiger partial charge in [0.05, 0.1) is 19.3 Å². The first-order valence-corrected chi connectivity index (χ1v) is 6.01. The Hall–Kier alpha value is -1.14. The smallest absolute Gasteiger partial charge is 0.321 e. The summed E-state index contributed by atoms with van der Waals surface area (Å²) in [6.07, 6.45) is 0.162. The summed E-state index contributed by atoms with van der Waals surface area (Å²) in [6.45, 7) is 4.12. The van der Waals surface area contributed by atoms with Crippen LogP contribution >= 0.6 is 0 Å². The largest absolute Gasteiger partial charge is 0.480 e. The van der Waals surface area contributed by atoms with Gasteiger partial charge in [-0.1, -0.05) is 13.8 Å². The second-order valence-electron chi connectivity index (χ2n) is 4.14. The molecular formula is C12H22O6. The van der Waals surface area contributed by atoms with Gasteiger partial charge in [-0.3, -0.25) is 9.59 Å². The monoisotopic (exact) mass is 262 g/mol. The van der Waals surface area contributed by atoms with E-state index in [9.17, 15) is 9.59 Å². The number of aliphatic carboxylic acids is 2. The number of rotatable bonds is 10. The van der Waals surface area contributed by atoms with Crippen LogP contribution in [0.3, 0.4) is 0 Å². The van der Waals surface area contributed by atoms with Crippen molar-refractivity contribution in [2.75, 3.05) is 20.3 Å². The minimum atomic E-state index is -1.77. The fourth-order valence-electron chi connectivity index (χ4n) is 1.72. The van der Waals surface area contributed by atoms with Gasteiger partial charge in [0.2, 0.25) is 0 Å². The van der Waals surface area contributed by atoms with Crippen LogP contribution < -0.4 is 0 Å². The maximum atomic E-state index is 11.2. The number of hydrogen-bond donors (Lipinski definition) is 2. The first-order valence-electron chi connectivity index (χ1n) is 6.01. The molecule has 0 bridgehead atoms. The van der Waals surface area contributed by atoms with Crippen molar-refractivity contribution in [1.29, 1.82) is 0 Å². The van der Waals surface area contributed by atoms with Crippen LogP contribution in [0.2, 0.25) is 0 Å². The van der Waals surface area contributed by atoms with Crippen molar-refractivity contribution in [2.24, 2.45) is 5.41 Å². The molecule has 0 aromatic heterocycles. The average Bonchev–Trinajstić information content (AvgIpc) is 2.33. The highest BCUT2D eigenvalue weighted by atomic mass is 16.5. The molecule has 0 rings (SSSR count). The van der Waals surface area contributed by atoms with Crippen molar-refractivity contribution in [2.45, 2.75) is 39.2 Å². The van der Waals surface area contributed by atoms with Crippen LogP contribution in [0.1, 0.15) is 33.1 Å². The maximum absolute atomic E-state index is 11.2. The Morgan fingerprint density at radius 1 is 1.17 bits per heavy atom. The zero-order valence-corrected chi connectivity index (χ0v) is 11.1. The van der Waals surface area contributed by atoms with Crippen molar-refractivity contribution >= 4 is 11.9 Å². The van der Waals surface area contributed by atoms with Crippen LogP contribution in [0.25, 0.3) is 0 Å². The summed E-state index contributed by atoms with van der Waals surface area (Å²) in [5, 5.41) is 18.3. The van der Waals surface area contributed by atoms with Crippen molar-refractivity contribution < 1.29 is 29.3 Å². The highest BCUT2D eigenvalue weighted by Crippen LogP contribution is 2.31. The first kappa shape index (κ1) is 16.9. The van der Waals surface area contributed by atoms with Crippen molar-refractivity contribution in [1.82, 2.24) is 0 Å². The van der Waals surface area contributed by atoms with Gasteiger partial charge in [0.15, 0.2) is 5.41 Å². The van der Waals surface area contributed by atoms with Gasteiger partial charge in [-0.2, -0.15) is 0 Å². The Kier molecular flexibility index (Phi) is 7.54. The highest BCUT2D eigenvalue weighted by molar-refractivity contribution is 5.98. The van der Waals surface area contributed by atoms with E-state index in [1.807, 2.05) is 6.92 Å². The molecule has 6 heteroatoms. The van der Waals surface area contributed by atoms with E-state index in [1.54, 1.807) is 6.92 Å².